The average molecular weight is 513 g/mol. The number of fused-ring (bicyclic) bond motifs is 2. The molecule has 3 heterocycles. The van der Waals surface area contributed by atoms with E-state index in [1.807, 2.05) is 18.2 Å². The van der Waals surface area contributed by atoms with Crippen LogP contribution in [0.4, 0.5) is 0 Å². The van der Waals surface area contributed by atoms with Crippen LogP contribution >= 0.6 is 22.9 Å². The quantitative estimate of drug-likeness (QED) is 0.488. The molecule has 2 aromatic carbocycles. The van der Waals surface area contributed by atoms with Crippen LogP contribution in [0.25, 0.3) is 6.08 Å². The molecular formula is C25H21ClN2O6S. The van der Waals surface area contributed by atoms with Gasteiger partial charge in [-0.2, -0.15) is 0 Å². The molecule has 5 rings (SSSR count). The first-order valence-corrected chi connectivity index (χ1v) is 12.0. The molecule has 0 radical (unpaired) electrons. The van der Waals surface area contributed by atoms with Crippen LogP contribution in [-0.4, -0.2) is 31.0 Å². The Labute approximate surface area is 209 Å². The molecule has 0 amide bonds. The molecule has 35 heavy (non-hydrogen) atoms. The van der Waals surface area contributed by atoms with Crippen molar-refractivity contribution in [2.45, 2.75) is 19.9 Å². The normalized spacial score (nSPS) is 16.7. The van der Waals surface area contributed by atoms with Gasteiger partial charge in [0.15, 0.2) is 16.3 Å². The van der Waals surface area contributed by atoms with Crippen molar-refractivity contribution in [1.29, 1.82) is 0 Å². The smallest absolute Gasteiger partial charge is 0.338 e. The SMILES string of the molecule is CCOC(=O)C1=C(C)N=c2s/c(=C/c3cc4c(cc3Cl)OCO4)c(=O)n2[C@H]1c1ccccc1OC. The van der Waals surface area contributed by atoms with Gasteiger partial charge in [-0.05, 0) is 37.6 Å². The summed E-state index contributed by atoms with van der Waals surface area (Å²) in [4.78, 5) is 31.8. The minimum absolute atomic E-state index is 0.117. The first-order valence-electron chi connectivity index (χ1n) is 10.8. The van der Waals surface area contributed by atoms with Gasteiger partial charge in [-0.1, -0.05) is 41.1 Å². The number of benzene rings is 2. The summed E-state index contributed by atoms with van der Waals surface area (Å²) in [6.07, 6.45) is 1.69. The number of thiazole rings is 1. The number of allylic oxidation sites excluding steroid dienone is 1. The Morgan fingerprint density at radius 3 is 2.77 bits per heavy atom. The molecule has 180 valence electrons. The van der Waals surface area contributed by atoms with Gasteiger partial charge < -0.3 is 18.9 Å². The molecule has 0 spiro atoms. The van der Waals surface area contributed by atoms with E-state index in [2.05, 4.69) is 4.99 Å². The zero-order valence-electron chi connectivity index (χ0n) is 19.2. The number of hydrogen-bond donors (Lipinski definition) is 0. The first-order chi connectivity index (χ1) is 16.9. The van der Waals surface area contributed by atoms with E-state index < -0.39 is 12.0 Å². The molecule has 0 fully saturated rings. The Morgan fingerprint density at radius 1 is 1.29 bits per heavy atom. The van der Waals surface area contributed by atoms with Gasteiger partial charge in [0.2, 0.25) is 6.79 Å². The molecular weight excluding hydrogens is 492 g/mol. The molecule has 0 saturated heterocycles. The summed E-state index contributed by atoms with van der Waals surface area (Å²) < 4.78 is 23.6. The van der Waals surface area contributed by atoms with E-state index in [0.717, 1.165) is 0 Å². The average Bonchev–Trinajstić information content (AvgIpc) is 3.42. The first kappa shape index (κ1) is 23.2. The topological polar surface area (TPSA) is 88.4 Å². The molecule has 0 N–H and O–H groups in total. The summed E-state index contributed by atoms with van der Waals surface area (Å²) in [5.74, 6) is 1.13. The van der Waals surface area contributed by atoms with E-state index in [0.29, 0.717) is 48.4 Å². The van der Waals surface area contributed by atoms with Crippen molar-refractivity contribution in [3.05, 3.63) is 83.5 Å². The van der Waals surface area contributed by atoms with Crippen LogP contribution < -0.4 is 29.1 Å². The molecule has 0 saturated carbocycles. The van der Waals surface area contributed by atoms with Crippen molar-refractivity contribution in [1.82, 2.24) is 4.57 Å². The lowest BCUT2D eigenvalue weighted by Gasteiger charge is -2.25. The highest BCUT2D eigenvalue weighted by Crippen LogP contribution is 2.37. The summed E-state index contributed by atoms with van der Waals surface area (Å²) in [6.45, 7) is 3.78. The number of carbonyl (C=O) groups excluding carboxylic acids is 1. The number of para-hydroxylation sites is 1. The molecule has 2 aliphatic rings. The van der Waals surface area contributed by atoms with E-state index >= 15 is 0 Å². The Morgan fingerprint density at radius 2 is 2.03 bits per heavy atom. The number of aromatic nitrogens is 1. The second-order valence-electron chi connectivity index (χ2n) is 7.77. The maximum atomic E-state index is 13.7. The van der Waals surface area contributed by atoms with Gasteiger partial charge in [0.1, 0.15) is 11.8 Å². The fourth-order valence-corrected chi connectivity index (χ4v) is 5.41. The fourth-order valence-electron chi connectivity index (χ4n) is 4.16. The number of esters is 1. The Kier molecular flexibility index (Phi) is 6.12. The number of hydrogen-bond acceptors (Lipinski definition) is 8. The third-order valence-corrected chi connectivity index (χ3v) is 7.04. The number of methoxy groups -OCH3 is 1. The zero-order valence-corrected chi connectivity index (χ0v) is 20.7. The van der Waals surface area contributed by atoms with Gasteiger partial charge in [-0.25, -0.2) is 9.79 Å². The minimum atomic E-state index is -0.768. The second kappa shape index (κ2) is 9.24. The van der Waals surface area contributed by atoms with E-state index in [9.17, 15) is 9.59 Å². The van der Waals surface area contributed by atoms with Crippen LogP contribution in [-0.2, 0) is 9.53 Å². The molecule has 8 nitrogen and oxygen atoms in total. The Balaban J connectivity index is 1.74. The lowest BCUT2D eigenvalue weighted by Crippen LogP contribution is -2.40. The lowest BCUT2D eigenvalue weighted by atomic mass is 9.95. The van der Waals surface area contributed by atoms with Crippen LogP contribution in [0.2, 0.25) is 5.02 Å². The van der Waals surface area contributed by atoms with Crippen molar-refractivity contribution >= 4 is 35.0 Å². The summed E-state index contributed by atoms with van der Waals surface area (Å²) in [5.41, 5.74) is 1.72. The molecule has 3 aromatic rings. The number of carbonyl (C=O) groups is 1. The lowest BCUT2D eigenvalue weighted by molar-refractivity contribution is -0.139. The minimum Gasteiger partial charge on any atom is -0.496 e. The predicted octanol–water partition coefficient (Wildman–Crippen LogP) is 3.19. The third-order valence-electron chi connectivity index (χ3n) is 5.73. The van der Waals surface area contributed by atoms with E-state index in [4.69, 9.17) is 30.5 Å². The standard InChI is InChI=1S/C25H21ClN2O6S/c1-4-32-24(30)21-13(2)27-25-28(22(21)15-7-5-6-8-17(15)31-3)23(29)20(35-25)10-14-9-18-19(11-16(14)26)34-12-33-18/h5-11,22H,4,12H2,1-3H3/b20-10+/t22-/m0/s1. The summed E-state index contributed by atoms with van der Waals surface area (Å²) >= 11 is 7.66. The third kappa shape index (κ3) is 4.00. The molecule has 1 atom stereocenters. The molecule has 2 aliphatic heterocycles. The van der Waals surface area contributed by atoms with Crippen molar-refractivity contribution in [3.63, 3.8) is 0 Å². The monoisotopic (exact) mass is 512 g/mol. The molecule has 10 heteroatoms. The van der Waals surface area contributed by atoms with Crippen molar-refractivity contribution < 1.29 is 23.7 Å². The fraction of sp³-hybridized carbons (Fsp3) is 0.240. The Hall–Kier alpha value is -3.56. The highest BCUT2D eigenvalue weighted by Gasteiger charge is 2.35. The van der Waals surface area contributed by atoms with Gasteiger partial charge in [-0.3, -0.25) is 9.36 Å². The number of nitrogens with zero attached hydrogens (tertiary/aromatic N) is 2. The number of halogens is 1. The van der Waals surface area contributed by atoms with Crippen LogP contribution in [0.15, 0.2) is 57.5 Å². The highest BCUT2D eigenvalue weighted by molar-refractivity contribution is 7.07. The maximum Gasteiger partial charge on any atom is 0.338 e. The Bertz CT molecular complexity index is 1550. The maximum absolute atomic E-state index is 13.7. The van der Waals surface area contributed by atoms with Gasteiger partial charge in [0.25, 0.3) is 5.56 Å². The molecule has 0 bridgehead atoms. The van der Waals surface area contributed by atoms with Gasteiger partial charge >= 0.3 is 5.97 Å². The van der Waals surface area contributed by atoms with Crippen molar-refractivity contribution in [2.75, 3.05) is 20.5 Å². The van der Waals surface area contributed by atoms with Gasteiger partial charge in [-0.15, -0.1) is 0 Å². The van der Waals surface area contributed by atoms with Crippen LogP contribution in [0.3, 0.4) is 0 Å². The highest BCUT2D eigenvalue weighted by atomic mass is 35.5. The van der Waals surface area contributed by atoms with Gasteiger partial charge in [0.05, 0.1) is 34.5 Å². The predicted molar refractivity (Wildman–Crippen MR) is 131 cm³/mol. The molecule has 1 aromatic heterocycles. The van der Waals surface area contributed by atoms with Gasteiger partial charge in [0, 0.05) is 11.6 Å². The van der Waals surface area contributed by atoms with Crippen LogP contribution in [0.5, 0.6) is 17.2 Å². The summed E-state index contributed by atoms with van der Waals surface area (Å²) in [7, 11) is 1.55. The largest absolute Gasteiger partial charge is 0.496 e. The van der Waals surface area contributed by atoms with Crippen molar-refractivity contribution in [3.8, 4) is 17.2 Å². The van der Waals surface area contributed by atoms with E-state index in [1.165, 1.54) is 15.9 Å². The second-order valence-corrected chi connectivity index (χ2v) is 9.19. The summed E-state index contributed by atoms with van der Waals surface area (Å²) in [5, 5.41) is 0.421. The summed E-state index contributed by atoms with van der Waals surface area (Å²) in [6, 6.07) is 9.90. The van der Waals surface area contributed by atoms with Crippen molar-refractivity contribution in [2.24, 2.45) is 4.99 Å². The number of ether oxygens (including phenoxy) is 4. The number of rotatable bonds is 5. The zero-order chi connectivity index (χ0) is 24.7. The molecule has 0 aliphatic carbocycles. The van der Waals surface area contributed by atoms with E-state index in [1.54, 1.807) is 45.2 Å². The van der Waals surface area contributed by atoms with E-state index in [-0.39, 0.29) is 24.5 Å². The van der Waals surface area contributed by atoms with Crippen LogP contribution in [0, 0.1) is 0 Å². The van der Waals surface area contributed by atoms with Crippen LogP contribution in [0.1, 0.15) is 31.0 Å². The molecule has 0 unspecified atom stereocenters.